The first-order chi connectivity index (χ1) is 10.1. The van der Waals surface area contributed by atoms with E-state index in [2.05, 4.69) is 10.6 Å². The molecule has 1 aromatic rings. The summed E-state index contributed by atoms with van der Waals surface area (Å²) in [5, 5.41) is 5.96. The molecule has 0 radical (unpaired) electrons. The van der Waals surface area contributed by atoms with Crippen molar-refractivity contribution in [3.05, 3.63) is 23.8 Å². The second-order valence-electron chi connectivity index (χ2n) is 5.17. The molecule has 2 rings (SSSR count). The third-order valence-corrected chi connectivity index (χ3v) is 3.45. The Bertz CT molecular complexity index is 489. The molecule has 0 aliphatic carbocycles. The first-order valence-corrected chi connectivity index (χ1v) is 7.12. The van der Waals surface area contributed by atoms with Crippen LogP contribution in [0.5, 0.6) is 5.75 Å². The van der Waals surface area contributed by atoms with Crippen LogP contribution in [-0.4, -0.2) is 31.5 Å². The van der Waals surface area contributed by atoms with Crippen molar-refractivity contribution in [2.45, 2.75) is 38.7 Å². The lowest BCUT2D eigenvalue weighted by Gasteiger charge is -2.22. The Hall–Kier alpha value is -1.69. The highest BCUT2D eigenvalue weighted by atomic mass is 19.3. The third kappa shape index (κ3) is 4.67. The number of hydrogen-bond acceptors (Lipinski definition) is 3. The van der Waals surface area contributed by atoms with Crippen LogP contribution >= 0.6 is 0 Å². The van der Waals surface area contributed by atoms with Crippen LogP contribution in [0.2, 0.25) is 0 Å². The number of halogens is 2. The van der Waals surface area contributed by atoms with Crippen LogP contribution in [0, 0.1) is 6.92 Å². The van der Waals surface area contributed by atoms with Gasteiger partial charge in [-0.05, 0) is 37.9 Å². The lowest BCUT2D eigenvalue weighted by atomic mass is 10.0. The Balaban J connectivity index is 1.99. The van der Waals surface area contributed by atoms with Gasteiger partial charge in [-0.25, -0.2) is 8.78 Å². The SMILES string of the molecule is Cc1ccc(NC(=O)C2CCCCN2)cc1OCC(F)F. The molecule has 1 unspecified atom stereocenters. The summed E-state index contributed by atoms with van der Waals surface area (Å²) < 4.78 is 29.5. The molecule has 1 fully saturated rings. The molecule has 0 spiro atoms. The Morgan fingerprint density at radius 2 is 2.29 bits per heavy atom. The highest BCUT2D eigenvalue weighted by Crippen LogP contribution is 2.23. The summed E-state index contributed by atoms with van der Waals surface area (Å²) in [5.41, 5.74) is 1.31. The smallest absolute Gasteiger partial charge is 0.272 e. The predicted octanol–water partition coefficient (Wildman–Crippen LogP) is 2.72. The fraction of sp³-hybridized carbons (Fsp3) is 0.533. The van der Waals surface area contributed by atoms with E-state index in [4.69, 9.17) is 4.74 Å². The van der Waals surface area contributed by atoms with Gasteiger partial charge in [0.05, 0.1) is 6.04 Å². The molecule has 0 bridgehead atoms. The van der Waals surface area contributed by atoms with E-state index >= 15 is 0 Å². The van der Waals surface area contributed by atoms with Crippen molar-refractivity contribution >= 4 is 11.6 Å². The zero-order valence-corrected chi connectivity index (χ0v) is 12.0. The minimum Gasteiger partial charge on any atom is -0.487 e. The van der Waals surface area contributed by atoms with Crippen molar-refractivity contribution in [2.75, 3.05) is 18.5 Å². The maximum absolute atomic E-state index is 12.2. The number of nitrogens with one attached hydrogen (secondary N) is 2. The van der Waals surface area contributed by atoms with Gasteiger partial charge in [-0.15, -0.1) is 0 Å². The van der Waals surface area contributed by atoms with Crippen molar-refractivity contribution in [1.82, 2.24) is 5.32 Å². The summed E-state index contributed by atoms with van der Waals surface area (Å²) in [5.74, 6) is 0.267. The quantitative estimate of drug-likeness (QED) is 0.879. The van der Waals surface area contributed by atoms with Gasteiger partial charge in [0.25, 0.3) is 6.43 Å². The second-order valence-corrected chi connectivity index (χ2v) is 5.17. The molecule has 1 saturated heterocycles. The van der Waals surface area contributed by atoms with Crippen molar-refractivity contribution in [3.63, 3.8) is 0 Å². The lowest BCUT2D eigenvalue weighted by Crippen LogP contribution is -2.43. The number of aryl methyl sites for hydroxylation is 1. The van der Waals surface area contributed by atoms with Gasteiger partial charge in [0.15, 0.2) is 0 Å². The maximum Gasteiger partial charge on any atom is 0.272 e. The van der Waals surface area contributed by atoms with Crippen molar-refractivity contribution < 1.29 is 18.3 Å². The van der Waals surface area contributed by atoms with Gasteiger partial charge in [-0.2, -0.15) is 0 Å². The Morgan fingerprint density at radius 3 is 2.95 bits per heavy atom. The number of carbonyl (C=O) groups excluding carboxylic acids is 1. The van der Waals surface area contributed by atoms with E-state index in [0.29, 0.717) is 11.4 Å². The van der Waals surface area contributed by atoms with E-state index < -0.39 is 13.0 Å². The average Bonchev–Trinajstić information content (AvgIpc) is 2.48. The van der Waals surface area contributed by atoms with Crippen LogP contribution in [-0.2, 0) is 4.79 Å². The number of alkyl halides is 2. The summed E-state index contributed by atoms with van der Waals surface area (Å²) in [4.78, 5) is 12.1. The standard InChI is InChI=1S/C15H20F2N2O2/c1-10-5-6-11(8-13(10)21-9-14(16)17)19-15(20)12-4-2-3-7-18-12/h5-6,8,12,14,18H,2-4,7,9H2,1H3,(H,19,20). The first-order valence-electron chi connectivity index (χ1n) is 7.12. The fourth-order valence-corrected chi connectivity index (χ4v) is 2.29. The van der Waals surface area contributed by atoms with Gasteiger partial charge < -0.3 is 15.4 Å². The number of carbonyl (C=O) groups is 1. The number of hydrogen-bond donors (Lipinski definition) is 2. The van der Waals surface area contributed by atoms with Crippen LogP contribution in [0.1, 0.15) is 24.8 Å². The molecule has 1 atom stereocenters. The van der Waals surface area contributed by atoms with Gasteiger partial charge in [-0.1, -0.05) is 12.5 Å². The largest absolute Gasteiger partial charge is 0.487 e. The molecule has 1 aliphatic rings. The van der Waals surface area contributed by atoms with Crippen LogP contribution in [0.3, 0.4) is 0 Å². The van der Waals surface area contributed by atoms with E-state index in [9.17, 15) is 13.6 Å². The highest BCUT2D eigenvalue weighted by molar-refractivity contribution is 5.95. The number of benzene rings is 1. The van der Waals surface area contributed by atoms with E-state index in [1.165, 1.54) is 0 Å². The fourth-order valence-electron chi connectivity index (χ4n) is 2.29. The van der Waals surface area contributed by atoms with Crippen LogP contribution in [0.4, 0.5) is 14.5 Å². The van der Waals surface area contributed by atoms with Crippen molar-refractivity contribution in [1.29, 1.82) is 0 Å². The molecule has 1 aromatic carbocycles. The topological polar surface area (TPSA) is 50.4 Å². The molecule has 0 saturated carbocycles. The lowest BCUT2D eigenvalue weighted by molar-refractivity contribution is -0.118. The average molecular weight is 298 g/mol. The van der Waals surface area contributed by atoms with E-state index in [1.54, 1.807) is 25.1 Å². The number of piperidine rings is 1. The summed E-state index contributed by atoms with van der Waals surface area (Å²) in [6.45, 7) is 1.96. The first kappa shape index (κ1) is 15.7. The van der Waals surface area contributed by atoms with E-state index in [0.717, 1.165) is 31.4 Å². The summed E-state index contributed by atoms with van der Waals surface area (Å²) in [6, 6.07) is 4.87. The molecule has 0 aromatic heterocycles. The number of ether oxygens (including phenoxy) is 1. The molecule has 2 N–H and O–H groups in total. The maximum atomic E-state index is 12.2. The van der Waals surface area contributed by atoms with Crippen molar-refractivity contribution in [3.8, 4) is 5.75 Å². The molecular weight excluding hydrogens is 278 g/mol. The molecule has 1 heterocycles. The van der Waals surface area contributed by atoms with Gasteiger partial charge in [0, 0.05) is 11.8 Å². The van der Waals surface area contributed by atoms with Gasteiger partial charge >= 0.3 is 0 Å². The zero-order chi connectivity index (χ0) is 15.2. The van der Waals surface area contributed by atoms with Gasteiger partial charge in [-0.3, -0.25) is 4.79 Å². The number of anilines is 1. The van der Waals surface area contributed by atoms with E-state index in [1.807, 2.05) is 0 Å². The molecule has 21 heavy (non-hydrogen) atoms. The molecule has 116 valence electrons. The molecule has 1 aliphatic heterocycles. The van der Waals surface area contributed by atoms with E-state index in [-0.39, 0.29) is 11.9 Å². The molecule has 1 amide bonds. The number of rotatable bonds is 5. The molecule has 6 heteroatoms. The Kier molecular flexibility index (Phi) is 5.50. The number of amides is 1. The normalized spacial score (nSPS) is 18.6. The van der Waals surface area contributed by atoms with Crippen LogP contribution in [0.15, 0.2) is 18.2 Å². The van der Waals surface area contributed by atoms with Crippen LogP contribution < -0.4 is 15.4 Å². The minimum absolute atomic E-state index is 0.0987. The Labute approximate surface area is 122 Å². The predicted molar refractivity (Wildman–Crippen MR) is 76.9 cm³/mol. The second kappa shape index (κ2) is 7.36. The third-order valence-electron chi connectivity index (χ3n) is 3.45. The van der Waals surface area contributed by atoms with Gasteiger partial charge in [0.2, 0.25) is 5.91 Å². The summed E-state index contributed by atoms with van der Waals surface area (Å²) >= 11 is 0. The molecule has 4 nitrogen and oxygen atoms in total. The Morgan fingerprint density at radius 1 is 1.48 bits per heavy atom. The zero-order valence-electron chi connectivity index (χ0n) is 12.0. The van der Waals surface area contributed by atoms with Crippen LogP contribution in [0.25, 0.3) is 0 Å². The monoisotopic (exact) mass is 298 g/mol. The summed E-state index contributed by atoms with van der Waals surface area (Å²) in [7, 11) is 0. The molecular formula is C15H20F2N2O2. The van der Waals surface area contributed by atoms with Gasteiger partial charge in [0.1, 0.15) is 12.4 Å². The highest BCUT2D eigenvalue weighted by Gasteiger charge is 2.20. The minimum atomic E-state index is -2.52. The van der Waals surface area contributed by atoms with Crippen molar-refractivity contribution in [2.24, 2.45) is 0 Å². The summed E-state index contributed by atoms with van der Waals surface area (Å²) in [6.07, 6.45) is 0.405.